The number of carbonyl (C=O) groups is 8. The highest BCUT2D eigenvalue weighted by Crippen LogP contribution is 2.38. The van der Waals surface area contributed by atoms with E-state index in [0.717, 1.165) is 18.7 Å². The number of aldehydes is 1. The van der Waals surface area contributed by atoms with Crippen LogP contribution in [0.25, 0.3) is 0 Å². The fraction of sp³-hybridized carbons (Fsp3) is 0.765. The van der Waals surface area contributed by atoms with Crippen molar-refractivity contribution in [3.8, 4) is 0 Å². The van der Waals surface area contributed by atoms with Gasteiger partial charge in [-0.1, -0.05) is 0 Å². The maximum absolute atomic E-state index is 13.9. The topological polar surface area (TPSA) is 362 Å². The van der Waals surface area contributed by atoms with Gasteiger partial charge in [-0.15, -0.1) is 0 Å². The number of nitrogens with zero attached hydrogens (tertiary/aromatic N) is 2. The lowest BCUT2D eigenvalue weighted by atomic mass is 10.1. The molecule has 0 aromatic carbocycles. The van der Waals surface area contributed by atoms with Gasteiger partial charge in [-0.2, -0.15) is 11.8 Å². The number of phosphoric ester groups is 1. The van der Waals surface area contributed by atoms with Gasteiger partial charge in [-0.25, -0.2) is 4.57 Å². The van der Waals surface area contributed by atoms with Crippen LogP contribution in [0.5, 0.6) is 0 Å². The van der Waals surface area contributed by atoms with Crippen molar-refractivity contribution in [2.75, 3.05) is 44.8 Å². The zero-order valence-corrected chi connectivity index (χ0v) is 35.2. The minimum Gasteiger partial charge on any atom is -0.394 e. The average Bonchev–Trinajstić information content (AvgIpc) is 3.89. The Bertz CT molecular complexity index is 1520. The molecule has 13 N–H and O–H groups in total. The molecule has 2 heterocycles. The summed E-state index contributed by atoms with van der Waals surface area (Å²) in [6, 6.07) is -9.65. The smallest absolute Gasteiger partial charge is 0.394 e. The molecule has 2 aliphatic heterocycles. The maximum Gasteiger partial charge on any atom is 0.469 e. The number of thioether (sulfide) groups is 1. The molecule has 7 amide bonds. The summed E-state index contributed by atoms with van der Waals surface area (Å²) >= 11 is 1.36. The number of nitrogens with one attached hydrogen (secondary N) is 5. The third kappa shape index (κ3) is 16.0. The van der Waals surface area contributed by atoms with Crippen LogP contribution in [0.1, 0.15) is 65.2 Å². The van der Waals surface area contributed by atoms with Gasteiger partial charge in [0.15, 0.2) is 0 Å². The lowest BCUT2D eigenvalue weighted by molar-refractivity contribution is -0.144. The van der Waals surface area contributed by atoms with E-state index in [2.05, 4.69) is 26.6 Å². The molecule has 0 radical (unpaired) electrons. The highest BCUT2D eigenvalue weighted by atomic mass is 32.2. The minimum atomic E-state index is -5.28. The fourth-order valence-corrected chi connectivity index (χ4v) is 7.72. The summed E-state index contributed by atoms with van der Waals surface area (Å²) in [5.41, 5.74) is 11.0. The molecular formula is C34H60N9O14PS. The first-order chi connectivity index (χ1) is 27.8. The lowest BCUT2D eigenvalue weighted by Gasteiger charge is -2.32. The van der Waals surface area contributed by atoms with Crippen molar-refractivity contribution in [2.45, 2.75) is 120 Å². The molecule has 9 atom stereocenters. The summed E-state index contributed by atoms with van der Waals surface area (Å²) in [7, 11) is -5.28. The van der Waals surface area contributed by atoms with Crippen LogP contribution in [0.15, 0.2) is 0 Å². The van der Waals surface area contributed by atoms with Crippen LogP contribution < -0.4 is 38.1 Å². The van der Waals surface area contributed by atoms with Crippen LogP contribution in [0.3, 0.4) is 0 Å². The number of hydrogen-bond donors (Lipinski definition) is 11. The predicted octanol–water partition coefficient (Wildman–Crippen LogP) is -4.70. The Morgan fingerprint density at radius 3 is 1.95 bits per heavy atom. The van der Waals surface area contributed by atoms with Gasteiger partial charge in [0.1, 0.15) is 42.5 Å². The largest absolute Gasteiger partial charge is 0.469 e. The molecule has 23 nitrogen and oxygen atoms in total. The molecule has 0 unspecified atom stereocenters. The summed E-state index contributed by atoms with van der Waals surface area (Å²) < 4.78 is 16.5. The second kappa shape index (κ2) is 25.1. The summed E-state index contributed by atoms with van der Waals surface area (Å²) in [5, 5.41) is 32.6. The summed E-state index contributed by atoms with van der Waals surface area (Å²) in [4.78, 5) is 126. The van der Waals surface area contributed by atoms with Gasteiger partial charge in [0.05, 0.1) is 31.4 Å². The summed E-state index contributed by atoms with van der Waals surface area (Å²) in [6.45, 7) is 1.46. The molecule has 0 saturated carbocycles. The molecule has 2 saturated heterocycles. The molecule has 2 fully saturated rings. The second-order valence-corrected chi connectivity index (χ2v) is 16.5. The van der Waals surface area contributed by atoms with Crippen LogP contribution >= 0.6 is 19.6 Å². The van der Waals surface area contributed by atoms with Crippen molar-refractivity contribution in [1.29, 1.82) is 0 Å². The lowest BCUT2D eigenvalue weighted by Crippen LogP contribution is -2.63. The predicted molar refractivity (Wildman–Crippen MR) is 212 cm³/mol. The van der Waals surface area contributed by atoms with Gasteiger partial charge < -0.3 is 72.6 Å². The van der Waals surface area contributed by atoms with Crippen LogP contribution in [0.4, 0.5) is 0 Å². The number of likely N-dealkylation sites (tertiary alicyclic amines) is 2. The molecule has 59 heavy (non-hydrogen) atoms. The quantitative estimate of drug-likeness (QED) is 0.0233. The number of hydrogen-bond acceptors (Lipinski definition) is 15. The molecule has 25 heteroatoms. The van der Waals surface area contributed by atoms with E-state index in [1.165, 1.54) is 16.7 Å². The molecule has 0 aliphatic carbocycles. The Kier molecular flexibility index (Phi) is 21.9. The SMILES string of the molecule is CSCC[C@H](NC(=O)[C@@H]1CCCN1C(=O)CN)C(=O)N[C@H](C(=O)N[C@@H](CO)C(=O)N[C@H](C(=O)N1CCC[C@H]1C(=O)N[C@H](C=O)CCCCN)[C@@H](C)OP(=O)(O)O)[C@@H](C)O. The second-order valence-electron chi connectivity index (χ2n) is 14.3. The van der Waals surface area contributed by atoms with Crippen molar-refractivity contribution in [1.82, 2.24) is 36.4 Å². The zero-order chi connectivity index (χ0) is 44.4. The Morgan fingerprint density at radius 1 is 0.831 bits per heavy atom. The Labute approximate surface area is 346 Å². The van der Waals surface area contributed by atoms with Crippen molar-refractivity contribution in [3.63, 3.8) is 0 Å². The van der Waals surface area contributed by atoms with Gasteiger partial charge >= 0.3 is 7.82 Å². The van der Waals surface area contributed by atoms with E-state index in [9.17, 15) is 62.9 Å². The normalized spacial score (nSPS) is 20.3. The number of aliphatic hydroxyl groups is 2. The molecule has 0 aromatic heterocycles. The van der Waals surface area contributed by atoms with E-state index in [-0.39, 0.29) is 25.9 Å². The third-order valence-corrected chi connectivity index (χ3v) is 11.1. The standard InChI is InChI=1S/C34H60N9O14PS/c1-19(46)27(40-29(48)22(11-15-59-3)38-32(51)24-9-6-13-42(24)26(47)16-36)33(52)39-23(18-45)30(49)41-28(20(2)57-58(54,55)56)34(53)43-14-7-10-25(43)31(50)37-21(17-44)8-4-5-12-35/h17,19-25,27-28,45-46H,4-16,18,35-36H2,1-3H3,(H,37,50)(H,38,51)(H,39,52)(H,40,48)(H,41,49)(H2,54,55,56)/t19-,20-,21+,22+,23+,24+,25+,27+,28+/m1/s1. The fourth-order valence-electron chi connectivity index (χ4n) is 6.70. The number of rotatable bonds is 25. The summed E-state index contributed by atoms with van der Waals surface area (Å²) in [6.07, 6.45) is 1.82. The number of unbranched alkanes of at least 4 members (excludes halogenated alkanes) is 1. The Balaban J connectivity index is 2.26. The van der Waals surface area contributed by atoms with Crippen molar-refractivity contribution in [3.05, 3.63) is 0 Å². The van der Waals surface area contributed by atoms with E-state index in [1.54, 1.807) is 6.26 Å². The summed E-state index contributed by atoms with van der Waals surface area (Å²) in [5.74, 6) is -5.69. The molecule has 0 spiro atoms. The van der Waals surface area contributed by atoms with Crippen LogP contribution in [0.2, 0.25) is 0 Å². The Hall–Kier alpha value is -3.74. The van der Waals surface area contributed by atoms with Gasteiger partial charge in [0.2, 0.25) is 41.4 Å². The molecule has 2 aliphatic rings. The van der Waals surface area contributed by atoms with E-state index in [0.29, 0.717) is 63.7 Å². The van der Waals surface area contributed by atoms with Crippen LogP contribution in [0, 0.1) is 0 Å². The molecule has 336 valence electrons. The highest BCUT2D eigenvalue weighted by molar-refractivity contribution is 7.98. The number of nitrogens with two attached hydrogens (primary N) is 2. The van der Waals surface area contributed by atoms with Gasteiger partial charge in [-0.3, -0.25) is 38.1 Å². The van der Waals surface area contributed by atoms with Crippen LogP contribution in [-0.4, -0.2) is 177 Å². The van der Waals surface area contributed by atoms with E-state index in [1.807, 2.05) is 0 Å². The molecular weight excluding hydrogens is 821 g/mol. The van der Waals surface area contributed by atoms with E-state index in [4.69, 9.17) is 16.0 Å². The Morgan fingerprint density at radius 2 is 1.41 bits per heavy atom. The maximum atomic E-state index is 13.9. The number of amides is 7. The van der Waals surface area contributed by atoms with Gasteiger partial charge in [-0.05, 0) is 83.8 Å². The third-order valence-electron chi connectivity index (χ3n) is 9.81. The van der Waals surface area contributed by atoms with Gasteiger partial charge in [0, 0.05) is 13.1 Å². The first kappa shape index (κ1) is 51.4. The van der Waals surface area contributed by atoms with E-state index < -0.39 is 110 Å². The first-order valence-electron chi connectivity index (χ1n) is 19.3. The molecule has 0 aromatic rings. The number of aliphatic hydroxyl groups excluding tert-OH is 2. The van der Waals surface area contributed by atoms with Crippen LogP contribution in [-0.2, 0) is 47.4 Å². The van der Waals surface area contributed by atoms with E-state index >= 15 is 0 Å². The average molecular weight is 882 g/mol. The molecule has 2 rings (SSSR count). The number of carbonyl (C=O) groups excluding carboxylic acids is 8. The van der Waals surface area contributed by atoms with Gasteiger partial charge in [0.25, 0.3) is 0 Å². The zero-order valence-electron chi connectivity index (χ0n) is 33.4. The first-order valence-corrected chi connectivity index (χ1v) is 22.2. The van der Waals surface area contributed by atoms with Crippen molar-refractivity contribution < 1.29 is 67.4 Å². The molecule has 0 bridgehead atoms. The van der Waals surface area contributed by atoms with Crippen molar-refractivity contribution in [2.24, 2.45) is 11.5 Å². The minimum absolute atomic E-state index is 0.0239. The highest BCUT2D eigenvalue weighted by Gasteiger charge is 2.43. The number of phosphoric acid groups is 1. The van der Waals surface area contributed by atoms with Crippen molar-refractivity contribution >= 4 is 67.2 Å². The monoisotopic (exact) mass is 881 g/mol.